The SMILES string of the molecule is CC(C)NCc1cc(S(=O)(=O)NCc2ccccc2)cs1. The van der Waals surface area contributed by atoms with Crippen molar-refractivity contribution >= 4 is 21.4 Å². The van der Waals surface area contributed by atoms with Crippen molar-refractivity contribution in [1.82, 2.24) is 10.0 Å². The Morgan fingerprint density at radius 2 is 1.86 bits per heavy atom. The first-order valence-corrected chi connectivity index (χ1v) is 9.18. The van der Waals surface area contributed by atoms with Crippen LogP contribution < -0.4 is 10.0 Å². The Morgan fingerprint density at radius 3 is 2.52 bits per heavy atom. The summed E-state index contributed by atoms with van der Waals surface area (Å²) in [6.07, 6.45) is 0. The molecular weight excluding hydrogens is 304 g/mol. The van der Waals surface area contributed by atoms with Crippen molar-refractivity contribution in [3.05, 3.63) is 52.2 Å². The maximum atomic E-state index is 12.2. The van der Waals surface area contributed by atoms with Crippen molar-refractivity contribution in [2.75, 3.05) is 0 Å². The zero-order valence-electron chi connectivity index (χ0n) is 12.2. The molecule has 1 aromatic heterocycles. The third kappa shape index (κ3) is 4.93. The predicted molar refractivity (Wildman–Crippen MR) is 86.8 cm³/mol. The van der Waals surface area contributed by atoms with E-state index in [9.17, 15) is 8.42 Å². The molecule has 0 unspecified atom stereocenters. The third-order valence-electron chi connectivity index (χ3n) is 2.93. The fourth-order valence-corrected chi connectivity index (χ4v) is 4.00. The number of hydrogen-bond acceptors (Lipinski definition) is 4. The number of benzene rings is 1. The summed E-state index contributed by atoms with van der Waals surface area (Å²) in [6, 6.07) is 11.6. The normalized spacial score (nSPS) is 12.0. The zero-order chi connectivity index (χ0) is 15.3. The summed E-state index contributed by atoms with van der Waals surface area (Å²) in [4.78, 5) is 1.35. The quantitative estimate of drug-likeness (QED) is 0.823. The van der Waals surface area contributed by atoms with E-state index in [0.717, 1.165) is 10.4 Å². The van der Waals surface area contributed by atoms with E-state index in [1.165, 1.54) is 11.3 Å². The van der Waals surface area contributed by atoms with E-state index < -0.39 is 10.0 Å². The molecular formula is C15H20N2O2S2. The van der Waals surface area contributed by atoms with E-state index in [0.29, 0.717) is 24.0 Å². The van der Waals surface area contributed by atoms with Gasteiger partial charge in [0, 0.05) is 29.4 Å². The van der Waals surface area contributed by atoms with E-state index in [1.807, 2.05) is 30.3 Å². The Morgan fingerprint density at radius 1 is 1.14 bits per heavy atom. The third-order valence-corrected chi connectivity index (χ3v) is 5.40. The van der Waals surface area contributed by atoms with Gasteiger partial charge in [-0.05, 0) is 11.6 Å². The highest BCUT2D eigenvalue weighted by Crippen LogP contribution is 2.19. The molecule has 2 N–H and O–H groups in total. The van der Waals surface area contributed by atoms with E-state index in [2.05, 4.69) is 23.9 Å². The average molecular weight is 324 g/mol. The van der Waals surface area contributed by atoms with Gasteiger partial charge in [-0.1, -0.05) is 44.2 Å². The van der Waals surface area contributed by atoms with Crippen LogP contribution in [0.5, 0.6) is 0 Å². The standard InChI is InChI=1S/C15H20N2O2S2/c1-12(2)16-10-14-8-15(11-20-14)21(18,19)17-9-13-6-4-3-5-7-13/h3-8,11-12,16-17H,9-10H2,1-2H3. The molecule has 0 spiro atoms. The molecule has 1 aromatic carbocycles. The molecule has 0 saturated carbocycles. The minimum absolute atomic E-state index is 0.304. The van der Waals surface area contributed by atoms with Crippen molar-refractivity contribution in [1.29, 1.82) is 0 Å². The second-order valence-corrected chi connectivity index (χ2v) is 7.86. The van der Waals surface area contributed by atoms with Crippen LogP contribution in [0.1, 0.15) is 24.3 Å². The van der Waals surface area contributed by atoms with Crippen molar-refractivity contribution < 1.29 is 8.42 Å². The number of hydrogen-bond donors (Lipinski definition) is 2. The van der Waals surface area contributed by atoms with Gasteiger partial charge in [-0.25, -0.2) is 13.1 Å². The van der Waals surface area contributed by atoms with Gasteiger partial charge >= 0.3 is 0 Å². The van der Waals surface area contributed by atoms with Gasteiger partial charge in [0.2, 0.25) is 10.0 Å². The lowest BCUT2D eigenvalue weighted by Crippen LogP contribution is -2.23. The van der Waals surface area contributed by atoms with Gasteiger partial charge in [0.05, 0.1) is 4.90 Å². The highest BCUT2D eigenvalue weighted by Gasteiger charge is 2.15. The monoisotopic (exact) mass is 324 g/mol. The Bertz CT molecular complexity index is 664. The maximum Gasteiger partial charge on any atom is 0.241 e. The smallest absolute Gasteiger partial charge is 0.241 e. The molecule has 0 aliphatic rings. The Kier molecular flexibility index (Phi) is 5.52. The summed E-state index contributed by atoms with van der Waals surface area (Å²) in [5.74, 6) is 0. The molecule has 0 bridgehead atoms. The fraction of sp³-hybridized carbons (Fsp3) is 0.333. The Hall–Kier alpha value is -1.21. The summed E-state index contributed by atoms with van der Waals surface area (Å²) in [5, 5.41) is 4.96. The number of thiophene rings is 1. The van der Waals surface area contributed by atoms with Crippen LogP contribution in [0.4, 0.5) is 0 Å². The maximum absolute atomic E-state index is 12.2. The first kappa shape index (κ1) is 16.2. The van der Waals surface area contributed by atoms with E-state index in [4.69, 9.17) is 0 Å². The van der Waals surface area contributed by atoms with Gasteiger partial charge in [0.1, 0.15) is 0 Å². The van der Waals surface area contributed by atoms with Gasteiger partial charge in [-0.15, -0.1) is 11.3 Å². The summed E-state index contributed by atoms with van der Waals surface area (Å²) >= 11 is 1.46. The number of rotatable bonds is 7. The van der Waals surface area contributed by atoms with Crippen LogP contribution in [-0.4, -0.2) is 14.5 Å². The van der Waals surface area contributed by atoms with E-state index in [1.54, 1.807) is 11.4 Å². The second-order valence-electron chi connectivity index (χ2n) is 5.09. The Labute approximate surface area is 130 Å². The lowest BCUT2D eigenvalue weighted by atomic mass is 10.2. The number of nitrogens with one attached hydrogen (secondary N) is 2. The molecule has 0 atom stereocenters. The molecule has 114 valence electrons. The zero-order valence-corrected chi connectivity index (χ0v) is 13.8. The van der Waals surface area contributed by atoms with Gasteiger partial charge in [-0.2, -0.15) is 0 Å². The Balaban J connectivity index is 1.99. The van der Waals surface area contributed by atoms with Crippen molar-refractivity contribution in [3.63, 3.8) is 0 Å². The lowest BCUT2D eigenvalue weighted by molar-refractivity contribution is 0.581. The van der Waals surface area contributed by atoms with Gasteiger partial charge in [0.25, 0.3) is 0 Å². The molecule has 0 amide bonds. The molecule has 21 heavy (non-hydrogen) atoms. The molecule has 2 aromatic rings. The lowest BCUT2D eigenvalue weighted by Gasteiger charge is -2.06. The summed E-state index contributed by atoms with van der Waals surface area (Å²) < 4.78 is 27.1. The second kappa shape index (κ2) is 7.17. The van der Waals surface area contributed by atoms with Crippen LogP contribution in [0.15, 0.2) is 46.7 Å². The molecule has 1 heterocycles. The number of sulfonamides is 1. The van der Waals surface area contributed by atoms with E-state index >= 15 is 0 Å². The van der Waals surface area contributed by atoms with Crippen LogP contribution in [0.2, 0.25) is 0 Å². The van der Waals surface area contributed by atoms with Crippen molar-refractivity contribution in [2.45, 2.75) is 37.9 Å². The molecule has 6 heteroatoms. The van der Waals surface area contributed by atoms with Gasteiger partial charge in [0.15, 0.2) is 0 Å². The van der Waals surface area contributed by atoms with Crippen molar-refractivity contribution in [2.24, 2.45) is 0 Å². The fourth-order valence-electron chi connectivity index (χ4n) is 1.76. The molecule has 4 nitrogen and oxygen atoms in total. The first-order valence-electron chi connectivity index (χ1n) is 6.82. The minimum Gasteiger partial charge on any atom is -0.310 e. The molecule has 2 rings (SSSR count). The topological polar surface area (TPSA) is 58.2 Å². The molecule has 0 saturated heterocycles. The van der Waals surface area contributed by atoms with Crippen molar-refractivity contribution in [3.8, 4) is 0 Å². The van der Waals surface area contributed by atoms with E-state index in [-0.39, 0.29) is 0 Å². The molecule has 0 aliphatic heterocycles. The summed E-state index contributed by atoms with van der Waals surface area (Å²) in [5.41, 5.74) is 0.943. The average Bonchev–Trinajstić information content (AvgIpc) is 2.94. The molecule has 0 radical (unpaired) electrons. The van der Waals surface area contributed by atoms with Gasteiger partial charge in [-0.3, -0.25) is 0 Å². The highest BCUT2D eigenvalue weighted by atomic mass is 32.2. The van der Waals surface area contributed by atoms with Crippen LogP contribution in [0, 0.1) is 0 Å². The van der Waals surface area contributed by atoms with Crippen LogP contribution in [0.3, 0.4) is 0 Å². The summed E-state index contributed by atoms with van der Waals surface area (Å²) in [6.45, 7) is 5.12. The first-order chi connectivity index (χ1) is 9.97. The predicted octanol–water partition coefficient (Wildman–Crippen LogP) is 2.72. The van der Waals surface area contributed by atoms with Gasteiger partial charge < -0.3 is 5.32 Å². The molecule has 0 aliphatic carbocycles. The highest BCUT2D eigenvalue weighted by molar-refractivity contribution is 7.89. The van der Waals surface area contributed by atoms with Crippen LogP contribution >= 0.6 is 11.3 Å². The molecule has 0 fully saturated rings. The largest absolute Gasteiger partial charge is 0.310 e. The summed E-state index contributed by atoms with van der Waals surface area (Å²) in [7, 11) is -3.44. The van der Waals surface area contributed by atoms with Crippen LogP contribution in [0.25, 0.3) is 0 Å². The minimum atomic E-state index is -3.44. The van der Waals surface area contributed by atoms with Crippen LogP contribution in [-0.2, 0) is 23.1 Å².